The lowest BCUT2D eigenvalue weighted by atomic mass is 10.00. The van der Waals surface area contributed by atoms with Crippen LogP contribution in [0.2, 0.25) is 0 Å². The minimum Gasteiger partial charge on any atom is -0.462 e. The number of unbranched alkanes of at least 4 members (excludes halogenated alkanes) is 20. The fraction of sp³-hybridized carbons (Fsp3) is 0.809. The van der Waals surface area contributed by atoms with Gasteiger partial charge in [0, 0.05) is 12.8 Å². The molecular weight excluding hydrogens is 789 g/mol. The number of carbonyl (C=O) groups excluding carboxylic acids is 2. The van der Waals surface area contributed by atoms with Crippen molar-refractivity contribution in [2.45, 2.75) is 224 Å². The number of aliphatic hydroxyl groups excluding tert-OH is 3. The molecule has 6 atom stereocenters. The zero-order valence-electron chi connectivity index (χ0n) is 37.1. The summed E-state index contributed by atoms with van der Waals surface area (Å²) in [7, 11) is -4.61. The minimum absolute atomic E-state index is 0.150. The maximum Gasteiger partial charge on any atom is 0.306 e. The summed E-state index contributed by atoms with van der Waals surface area (Å²) in [6, 6.07) is 0. The fourth-order valence-corrected chi connectivity index (χ4v) is 7.49. The molecule has 0 radical (unpaired) electrons. The Balaban J connectivity index is 2.46. The maximum atomic E-state index is 12.8. The lowest BCUT2D eigenvalue weighted by Crippen LogP contribution is -2.60. The van der Waals surface area contributed by atoms with Gasteiger partial charge in [0.1, 0.15) is 36.8 Å². The van der Waals surface area contributed by atoms with Crippen molar-refractivity contribution in [3.63, 3.8) is 0 Å². The Kier molecular flexibility index (Phi) is 34.5. The quantitative estimate of drug-likeness (QED) is 0.0152. The van der Waals surface area contributed by atoms with Gasteiger partial charge >= 0.3 is 11.9 Å². The normalized spacial score (nSPS) is 20.0. The van der Waals surface area contributed by atoms with Crippen molar-refractivity contribution < 1.29 is 56.8 Å². The molecule has 13 heteroatoms. The van der Waals surface area contributed by atoms with E-state index in [1.54, 1.807) is 0 Å². The van der Waals surface area contributed by atoms with Crippen molar-refractivity contribution in [3.05, 3.63) is 42.2 Å². The van der Waals surface area contributed by atoms with Gasteiger partial charge < -0.3 is 34.3 Å². The van der Waals surface area contributed by atoms with Crippen LogP contribution in [-0.4, -0.2) is 96.0 Å². The van der Waals surface area contributed by atoms with Crippen LogP contribution < -0.4 is 0 Å². The summed E-state index contributed by atoms with van der Waals surface area (Å²) < 4.78 is 54.1. The van der Waals surface area contributed by atoms with Gasteiger partial charge in [0.15, 0.2) is 12.4 Å². The van der Waals surface area contributed by atoms with Crippen LogP contribution in [0.25, 0.3) is 0 Å². The lowest BCUT2D eigenvalue weighted by molar-refractivity contribution is -0.297. The second-order valence-corrected chi connectivity index (χ2v) is 17.7. The van der Waals surface area contributed by atoms with E-state index >= 15 is 0 Å². The van der Waals surface area contributed by atoms with Gasteiger partial charge in [-0.15, -0.1) is 5.73 Å². The summed E-state index contributed by atoms with van der Waals surface area (Å²) in [6.45, 7) is 3.70. The van der Waals surface area contributed by atoms with E-state index < -0.39 is 71.2 Å². The summed E-state index contributed by atoms with van der Waals surface area (Å²) in [6.07, 6.45) is 31.0. The molecule has 4 N–H and O–H groups in total. The molecule has 348 valence electrons. The van der Waals surface area contributed by atoms with Gasteiger partial charge in [0.2, 0.25) is 0 Å². The minimum atomic E-state index is -4.61. The van der Waals surface area contributed by atoms with Crippen LogP contribution in [0.5, 0.6) is 0 Å². The number of hydrogen-bond donors (Lipinski definition) is 4. The first-order valence-corrected chi connectivity index (χ1v) is 24.9. The van der Waals surface area contributed by atoms with Crippen molar-refractivity contribution in [2.24, 2.45) is 0 Å². The molecule has 1 aliphatic heterocycles. The van der Waals surface area contributed by atoms with E-state index in [4.69, 9.17) is 18.9 Å². The molecule has 0 aromatic heterocycles. The Morgan fingerprint density at radius 3 is 1.67 bits per heavy atom. The number of rotatable bonds is 38. The molecule has 1 rings (SSSR count). The number of aliphatic hydroxyl groups is 3. The average Bonchev–Trinajstić information content (AvgIpc) is 3.21. The molecule has 0 aromatic rings. The van der Waals surface area contributed by atoms with Crippen molar-refractivity contribution in [2.75, 3.05) is 19.0 Å². The second kappa shape index (κ2) is 37.2. The van der Waals surface area contributed by atoms with Gasteiger partial charge in [-0.1, -0.05) is 128 Å². The highest BCUT2D eigenvalue weighted by Gasteiger charge is 2.46. The SMILES string of the molecule is CCCCC/C=C/C/C=C/CCCCCCCCCC(=O)O[C@H](COC(=O)CCCCCCCC=C=CCCCCCCC)CO[C@H]1O[C@H](CS(=O)(=O)O)[C@@H](O)C(O)C1O. The molecule has 60 heavy (non-hydrogen) atoms. The molecule has 0 spiro atoms. The van der Waals surface area contributed by atoms with Crippen LogP contribution in [0.4, 0.5) is 0 Å². The third-order valence-electron chi connectivity index (χ3n) is 10.5. The summed E-state index contributed by atoms with van der Waals surface area (Å²) in [5.41, 5.74) is 3.28. The van der Waals surface area contributed by atoms with Crippen molar-refractivity contribution in [1.82, 2.24) is 0 Å². The van der Waals surface area contributed by atoms with Crippen LogP contribution in [0, 0.1) is 0 Å². The van der Waals surface area contributed by atoms with E-state index in [9.17, 15) is 37.9 Å². The number of esters is 2. The highest BCUT2D eigenvalue weighted by Crippen LogP contribution is 2.24. The van der Waals surface area contributed by atoms with Crippen LogP contribution >= 0.6 is 0 Å². The monoisotopic (exact) mass is 871 g/mol. The van der Waals surface area contributed by atoms with E-state index in [0.717, 1.165) is 83.5 Å². The molecule has 0 saturated carbocycles. The van der Waals surface area contributed by atoms with Crippen LogP contribution in [0.1, 0.15) is 187 Å². The van der Waals surface area contributed by atoms with E-state index in [2.05, 4.69) is 56.0 Å². The van der Waals surface area contributed by atoms with Crippen molar-refractivity contribution in [1.29, 1.82) is 0 Å². The van der Waals surface area contributed by atoms with Crippen LogP contribution in [0.3, 0.4) is 0 Å². The second-order valence-electron chi connectivity index (χ2n) is 16.2. The first kappa shape index (κ1) is 55.7. The Hall–Kier alpha value is -2.35. The van der Waals surface area contributed by atoms with Gasteiger partial charge in [0.05, 0.1) is 6.61 Å². The third kappa shape index (κ3) is 31.5. The van der Waals surface area contributed by atoms with E-state index in [0.29, 0.717) is 12.8 Å². The largest absolute Gasteiger partial charge is 0.462 e. The van der Waals surface area contributed by atoms with Gasteiger partial charge in [-0.25, -0.2) is 0 Å². The highest BCUT2D eigenvalue weighted by atomic mass is 32.2. The Morgan fingerprint density at radius 2 is 1.10 bits per heavy atom. The van der Waals surface area contributed by atoms with Crippen molar-refractivity contribution in [3.8, 4) is 0 Å². The fourth-order valence-electron chi connectivity index (χ4n) is 6.80. The van der Waals surface area contributed by atoms with Crippen LogP contribution in [-0.2, 0) is 38.7 Å². The van der Waals surface area contributed by atoms with Gasteiger partial charge in [-0.3, -0.25) is 14.1 Å². The smallest absolute Gasteiger partial charge is 0.306 e. The third-order valence-corrected chi connectivity index (χ3v) is 11.2. The molecule has 0 amide bonds. The number of ether oxygens (including phenoxy) is 4. The molecule has 1 heterocycles. The summed E-state index contributed by atoms with van der Waals surface area (Å²) in [5.74, 6) is -2.02. The first-order valence-electron chi connectivity index (χ1n) is 23.3. The highest BCUT2D eigenvalue weighted by molar-refractivity contribution is 7.85. The molecular formula is C47H82O12S. The average molecular weight is 871 g/mol. The Morgan fingerprint density at radius 1 is 0.617 bits per heavy atom. The first-order chi connectivity index (χ1) is 29.0. The molecule has 2 unspecified atom stereocenters. The Labute approximate surface area is 363 Å². The van der Waals surface area contributed by atoms with Crippen molar-refractivity contribution >= 4 is 22.1 Å². The zero-order chi connectivity index (χ0) is 44.1. The molecule has 0 aromatic carbocycles. The molecule has 1 fully saturated rings. The number of allylic oxidation sites excluding steroid dienone is 5. The topological polar surface area (TPSA) is 186 Å². The van der Waals surface area contributed by atoms with E-state index in [-0.39, 0.29) is 19.4 Å². The zero-order valence-corrected chi connectivity index (χ0v) is 37.9. The standard InChI is InChI=1S/C47H82O12S/c1-3-5-7-9-11-13-15-17-19-20-22-24-26-28-30-32-34-36-43(49)58-40(38-57-47-46(52)45(51)44(50)41(59-47)39-60(53,54)55)37-56-42(48)35-33-31-29-27-25-23-21-18-16-14-12-10-8-6-4-2/h11,13,16-17,19,21,40-41,44-47,50-52H,3-10,12,14-15,20,22-39H2,1-2H3,(H,53,54,55)/b13-11+,19-17+/t18?,40-,41-,44-,45?,46?,47+/m1/s1. The lowest BCUT2D eigenvalue weighted by Gasteiger charge is -2.40. The summed E-state index contributed by atoms with van der Waals surface area (Å²) in [5, 5.41) is 30.9. The molecule has 1 saturated heterocycles. The molecule has 0 bridgehead atoms. The maximum absolute atomic E-state index is 12.8. The predicted octanol–water partition coefficient (Wildman–Crippen LogP) is 9.55. The van der Waals surface area contributed by atoms with E-state index in [1.165, 1.54) is 64.2 Å². The summed E-state index contributed by atoms with van der Waals surface area (Å²) >= 11 is 0. The Bertz CT molecular complexity index is 1310. The van der Waals surface area contributed by atoms with E-state index in [1.807, 2.05) is 0 Å². The summed E-state index contributed by atoms with van der Waals surface area (Å²) in [4.78, 5) is 25.4. The number of hydrogen-bond acceptors (Lipinski definition) is 11. The van der Waals surface area contributed by atoms with Crippen LogP contribution in [0.15, 0.2) is 42.2 Å². The molecule has 1 aliphatic rings. The molecule has 12 nitrogen and oxygen atoms in total. The number of carbonyl (C=O) groups is 2. The van der Waals surface area contributed by atoms with Gasteiger partial charge in [-0.2, -0.15) is 8.42 Å². The van der Waals surface area contributed by atoms with Gasteiger partial charge in [-0.05, 0) is 82.8 Å². The predicted molar refractivity (Wildman–Crippen MR) is 237 cm³/mol. The van der Waals surface area contributed by atoms with Gasteiger partial charge in [0.25, 0.3) is 10.1 Å². The molecule has 0 aliphatic carbocycles.